The number of methoxy groups -OCH3 is 1. The van der Waals surface area contributed by atoms with Crippen LogP contribution in [0.25, 0.3) is 11.4 Å². The normalized spacial score (nSPS) is 12.4. The number of ether oxygens (including phenoxy) is 2. The van der Waals surface area contributed by atoms with Gasteiger partial charge in [0.05, 0.1) is 12.0 Å². The predicted octanol–water partition coefficient (Wildman–Crippen LogP) is 2.81. The molecule has 3 aromatic rings. The molecular formula is C19H18ClN3O6S. The Morgan fingerprint density at radius 3 is 2.47 bits per heavy atom. The number of nitrogens with zero attached hydrogens (tertiary/aromatic N) is 2. The highest BCUT2D eigenvalue weighted by atomic mass is 35.5. The molecule has 1 aromatic heterocycles. The minimum Gasteiger partial charge on any atom is -0.497 e. The lowest BCUT2D eigenvalue weighted by molar-refractivity contribution is -0.147. The number of benzene rings is 2. The molecule has 0 saturated heterocycles. The topological polar surface area (TPSA) is 121 Å². The lowest BCUT2D eigenvalue weighted by Gasteiger charge is -2.13. The third-order valence-corrected chi connectivity index (χ3v) is 5.77. The van der Waals surface area contributed by atoms with E-state index in [1.807, 2.05) is 0 Å². The van der Waals surface area contributed by atoms with Crippen LogP contribution in [0.1, 0.15) is 12.8 Å². The molecule has 0 aliphatic rings. The predicted molar refractivity (Wildman–Crippen MR) is 107 cm³/mol. The number of carbonyl (C=O) groups excluding carboxylic acids is 1. The van der Waals surface area contributed by atoms with Gasteiger partial charge in [-0.2, -0.15) is 9.71 Å². The number of halogens is 1. The molecule has 9 nitrogen and oxygen atoms in total. The fourth-order valence-electron chi connectivity index (χ4n) is 2.39. The summed E-state index contributed by atoms with van der Waals surface area (Å²) < 4.78 is 42.2. The Bertz CT molecular complexity index is 1110. The molecule has 0 bridgehead atoms. The van der Waals surface area contributed by atoms with Gasteiger partial charge in [-0.25, -0.2) is 8.42 Å². The van der Waals surface area contributed by atoms with Gasteiger partial charge in [0.2, 0.25) is 15.8 Å². The monoisotopic (exact) mass is 451 g/mol. The lowest BCUT2D eigenvalue weighted by atomic mass is 10.2. The van der Waals surface area contributed by atoms with Gasteiger partial charge in [-0.05, 0) is 55.5 Å². The van der Waals surface area contributed by atoms with Crippen molar-refractivity contribution in [1.29, 1.82) is 0 Å². The summed E-state index contributed by atoms with van der Waals surface area (Å²) in [5.74, 6) is 0.0988. The minimum atomic E-state index is -3.92. The van der Waals surface area contributed by atoms with Crippen LogP contribution in [0.4, 0.5) is 0 Å². The maximum atomic E-state index is 12.4. The van der Waals surface area contributed by atoms with E-state index in [-0.39, 0.29) is 17.4 Å². The van der Waals surface area contributed by atoms with Crippen LogP contribution in [0.2, 0.25) is 5.02 Å². The van der Waals surface area contributed by atoms with Gasteiger partial charge in [-0.15, -0.1) is 0 Å². The van der Waals surface area contributed by atoms with Crippen LogP contribution in [0, 0.1) is 0 Å². The quantitative estimate of drug-likeness (QED) is 0.519. The van der Waals surface area contributed by atoms with E-state index in [0.717, 1.165) is 0 Å². The summed E-state index contributed by atoms with van der Waals surface area (Å²) in [7, 11) is -2.44. The summed E-state index contributed by atoms with van der Waals surface area (Å²) in [5, 5.41) is 4.38. The second-order valence-electron chi connectivity index (χ2n) is 6.14. The molecule has 30 heavy (non-hydrogen) atoms. The highest BCUT2D eigenvalue weighted by molar-refractivity contribution is 7.89. The Morgan fingerprint density at radius 2 is 1.83 bits per heavy atom. The summed E-state index contributed by atoms with van der Waals surface area (Å²) >= 11 is 5.84. The Kier molecular flexibility index (Phi) is 6.70. The highest BCUT2D eigenvalue weighted by Crippen LogP contribution is 2.19. The number of aromatic nitrogens is 2. The van der Waals surface area contributed by atoms with Gasteiger partial charge in [-0.3, -0.25) is 4.79 Å². The number of hydrogen-bond acceptors (Lipinski definition) is 8. The smallest absolute Gasteiger partial charge is 0.324 e. The van der Waals surface area contributed by atoms with E-state index >= 15 is 0 Å². The highest BCUT2D eigenvalue weighted by Gasteiger charge is 2.24. The van der Waals surface area contributed by atoms with Crippen molar-refractivity contribution in [2.24, 2.45) is 0 Å². The molecular weight excluding hydrogens is 434 g/mol. The first-order chi connectivity index (χ1) is 14.3. The number of carbonyl (C=O) groups is 1. The zero-order valence-electron chi connectivity index (χ0n) is 16.0. The summed E-state index contributed by atoms with van der Waals surface area (Å²) in [6.45, 7) is 1.07. The number of hydrogen-bond donors (Lipinski definition) is 1. The molecule has 0 amide bonds. The van der Waals surface area contributed by atoms with Crippen molar-refractivity contribution in [1.82, 2.24) is 14.9 Å². The van der Waals surface area contributed by atoms with Crippen LogP contribution in [0.5, 0.6) is 5.75 Å². The van der Waals surface area contributed by atoms with Gasteiger partial charge in [0, 0.05) is 10.6 Å². The maximum Gasteiger partial charge on any atom is 0.324 e. The molecule has 0 aliphatic heterocycles. The van der Waals surface area contributed by atoms with Crippen molar-refractivity contribution < 1.29 is 27.2 Å². The van der Waals surface area contributed by atoms with Crippen molar-refractivity contribution in [3.63, 3.8) is 0 Å². The first kappa shape index (κ1) is 21.8. The SMILES string of the molecule is COc1ccc(S(=O)(=O)N[C@@H](C)C(=O)OCc2nc(-c3ccc(Cl)cc3)no2)cc1. The van der Waals surface area contributed by atoms with Crippen LogP contribution in [-0.4, -0.2) is 37.7 Å². The number of esters is 1. The number of sulfonamides is 1. The Hall–Kier alpha value is -2.95. The van der Waals surface area contributed by atoms with Gasteiger partial charge < -0.3 is 14.0 Å². The van der Waals surface area contributed by atoms with Gasteiger partial charge in [0.15, 0.2) is 6.61 Å². The van der Waals surface area contributed by atoms with Crippen molar-refractivity contribution in [2.45, 2.75) is 24.5 Å². The van der Waals surface area contributed by atoms with Gasteiger partial charge in [0.1, 0.15) is 11.8 Å². The van der Waals surface area contributed by atoms with E-state index < -0.39 is 22.0 Å². The summed E-state index contributed by atoms with van der Waals surface area (Å²) in [5.41, 5.74) is 0.682. The maximum absolute atomic E-state index is 12.4. The van der Waals surface area contributed by atoms with Crippen molar-refractivity contribution >= 4 is 27.6 Å². The third kappa shape index (κ3) is 5.35. The van der Waals surface area contributed by atoms with Gasteiger partial charge in [0.25, 0.3) is 5.89 Å². The molecule has 0 fully saturated rings. The van der Waals surface area contributed by atoms with Crippen LogP contribution < -0.4 is 9.46 Å². The number of nitrogens with one attached hydrogen (secondary N) is 1. The van der Waals surface area contributed by atoms with Crippen molar-refractivity contribution in [3.05, 3.63) is 59.4 Å². The summed E-state index contributed by atoms with van der Waals surface area (Å²) in [6, 6.07) is 11.4. The molecule has 1 atom stereocenters. The zero-order chi connectivity index (χ0) is 21.7. The third-order valence-electron chi connectivity index (χ3n) is 3.96. The van der Waals surface area contributed by atoms with Crippen molar-refractivity contribution in [3.8, 4) is 17.1 Å². The zero-order valence-corrected chi connectivity index (χ0v) is 17.6. The Labute approximate surface area is 178 Å². The van der Waals surface area contributed by atoms with Crippen LogP contribution in [0.15, 0.2) is 57.9 Å². The van der Waals surface area contributed by atoms with Crippen LogP contribution in [0.3, 0.4) is 0 Å². The Balaban J connectivity index is 1.57. The molecule has 1 N–H and O–H groups in total. The molecule has 0 spiro atoms. The first-order valence-corrected chi connectivity index (χ1v) is 10.6. The molecule has 158 valence electrons. The molecule has 11 heteroatoms. The second-order valence-corrected chi connectivity index (χ2v) is 8.30. The van der Waals surface area contributed by atoms with Crippen molar-refractivity contribution in [2.75, 3.05) is 7.11 Å². The van der Waals surface area contributed by atoms with E-state index in [1.165, 1.54) is 38.3 Å². The van der Waals surface area contributed by atoms with E-state index in [1.54, 1.807) is 24.3 Å². The number of rotatable bonds is 8. The van der Waals surface area contributed by atoms with E-state index in [4.69, 9.17) is 25.6 Å². The molecule has 0 radical (unpaired) electrons. The minimum absolute atomic E-state index is 0.00698. The van der Waals surface area contributed by atoms with Crippen LogP contribution in [-0.2, 0) is 26.2 Å². The summed E-state index contributed by atoms with van der Waals surface area (Å²) in [6.07, 6.45) is 0. The molecule has 0 unspecified atom stereocenters. The average Bonchev–Trinajstić information content (AvgIpc) is 3.21. The first-order valence-electron chi connectivity index (χ1n) is 8.70. The van der Waals surface area contributed by atoms with E-state index in [0.29, 0.717) is 22.2 Å². The molecule has 0 saturated carbocycles. The molecule has 3 rings (SSSR count). The fraction of sp³-hybridized carbons (Fsp3) is 0.211. The second kappa shape index (κ2) is 9.24. The fourth-order valence-corrected chi connectivity index (χ4v) is 3.71. The largest absolute Gasteiger partial charge is 0.497 e. The standard InChI is InChI=1S/C19H18ClN3O6S/c1-12(23-30(25,26)16-9-7-15(27-2)8-10-16)19(24)28-11-17-21-18(22-29-17)13-3-5-14(20)6-4-13/h3-10,12,23H,11H2,1-2H3/t12-/m0/s1. The van der Waals surface area contributed by atoms with E-state index in [2.05, 4.69) is 14.9 Å². The van der Waals surface area contributed by atoms with Gasteiger partial charge in [-0.1, -0.05) is 16.8 Å². The lowest BCUT2D eigenvalue weighted by Crippen LogP contribution is -2.39. The van der Waals surface area contributed by atoms with Gasteiger partial charge >= 0.3 is 5.97 Å². The Morgan fingerprint density at radius 1 is 1.17 bits per heavy atom. The van der Waals surface area contributed by atoms with E-state index in [9.17, 15) is 13.2 Å². The average molecular weight is 452 g/mol. The summed E-state index contributed by atoms with van der Waals surface area (Å²) in [4.78, 5) is 16.3. The molecule has 0 aliphatic carbocycles. The molecule has 1 heterocycles. The van der Waals surface area contributed by atoms with Crippen LogP contribution >= 0.6 is 11.6 Å². The molecule has 2 aromatic carbocycles.